The number of unbranched alkanes of at least 4 members (excludes halogenated alkanes) is 3. The fraction of sp³-hybridized carbons (Fsp3) is 0.865. The first-order valence-electron chi connectivity index (χ1n) is 28.3. The van der Waals surface area contributed by atoms with Crippen molar-refractivity contribution in [2.75, 3.05) is 53.3 Å². The third kappa shape index (κ3) is 18.8. The molecule has 26 atom stereocenters. The van der Waals surface area contributed by atoms with Gasteiger partial charge in [-0.1, -0.05) is 12.8 Å². The summed E-state index contributed by atoms with van der Waals surface area (Å²) < 4.78 is 86.1. The molecule has 506 valence electrons. The number of amides is 2. The van der Waals surface area contributed by atoms with Gasteiger partial charge in [-0.05, 0) is 19.4 Å². The highest BCUT2D eigenvalue weighted by Gasteiger charge is 2.63. The van der Waals surface area contributed by atoms with Crippen LogP contribution in [0.4, 0.5) is 0 Å². The van der Waals surface area contributed by atoms with Crippen LogP contribution < -0.4 is 16.4 Å². The summed E-state index contributed by atoms with van der Waals surface area (Å²) in [4.78, 5) is 90.5. The summed E-state index contributed by atoms with van der Waals surface area (Å²) in [5.41, 5.74) is 5.54. The lowest BCUT2D eigenvalue weighted by molar-refractivity contribution is -0.389. The van der Waals surface area contributed by atoms with E-state index >= 15 is 0 Å². The molecule has 5 aliphatic rings. The van der Waals surface area contributed by atoms with E-state index in [0.29, 0.717) is 13.0 Å². The fourth-order valence-electron chi connectivity index (χ4n) is 10.7. The number of hydrogen-bond acceptors (Lipinski definition) is 34. The normalized spacial score (nSPS) is 38.3. The third-order valence-electron chi connectivity index (χ3n) is 14.8. The maximum Gasteiger partial charge on any atom is 0.366 e. The van der Waals surface area contributed by atoms with Gasteiger partial charge in [-0.2, -0.15) is 0 Å². The van der Waals surface area contributed by atoms with E-state index in [9.17, 15) is 89.7 Å². The van der Waals surface area contributed by atoms with Gasteiger partial charge in [-0.15, -0.1) is 0 Å². The second-order valence-electron chi connectivity index (χ2n) is 21.5. The quantitative estimate of drug-likeness (QED) is 0.0188. The predicted molar refractivity (Wildman–Crippen MR) is 281 cm³/mol. The summed E-state index contributed by atoms with van der Waals surface area (Å²) in [6.07, 6.45) is -43.6. The van der Waals surface area contributed by atoms with Gasteiger partial charge in [0, 0.05) is 48.1 Å². The lowest BCUT2D eigenvalue weighted by Gasteiger charge is -2.52. The summed E-state index contributed by atoms with van der Waals surface area (Å²) in [5.74, 6) is -10.6. The molecule has 0 unspecified atom stereocenters. The number of ether oxygens (including phenoxy) is 15. The Morgan fingerprint density at radius 2 is 1.05 bits per heavy atom. The van der Waals surface area contributed by atoms with Crippen LogP contribution in [0.2, 0.25) is 0 Å². The van der Waals surface area contributed by atoms with Gasteiger partial charge >= 0.3 is 29.8 Å². The highest BCUT2D eigenvalue weighted by molar-refractivity contribution is 5.79. The molecule has 0 aliphatic carbocycles. The zero-order chi connectivity index (χ0) is 65.5. The number of carbonyl (C=O) groups excluding carboxylic acids is 7. The number of aliphatic hydroxyl groups excluding tert-OH is 11. The molecule has 0 aromatic carbocycles. The number of rotatable bonds is 29. The van der Waals surface area contributed by atoms with Crippen LogP contribution in [0.15, 0.2) is 0 Å². The van der Waals surface area contributed by atoms with Crippen molar-refractivity contribution >= 4 is 41.7 Å². The van der Waals surface area contributed by atoms with E-state index in [1.54, 1.807) is 0 Å². The molecule has 0 spiro atoms. The number of esters is 5. The monoisotopic (exact) mass is 1280 g/mol. The molecule has 0 radical (unpaired) electrons. The van der Waals surface area contributed by atoms with Gasteiger partial charge in [-0.3, -0.25) is 28.8 Å². The lowest BCUT2D eigenvalue weighted by Crippen LogP contribution is -2.72. The number of hydrogen-bond donors (Lipinski definition) is 14. The number of nitrogens with one attached hydrogen (secondary N) is 2. The van der Waals surface area contributed by atoms with E-state index in [1.807, 2.05) is 0 Å². The van der Waals surface area contributed by atoms with Crippen molar-refractivity contribution in [3.8, 4) is 0 Å². The van der Waals surface area contributed by atoms with Crippen LogP contribution in [0.25, 0.3) is 0 Å². The van der Waals surface area contributed by atoms with Gasteiger partial charge in [0.15, 0.2) is 37.4 Å². The second kappa shape index (κ2) is 34.2. The van der Waals surface area contributed by atoms with E-state index in [1.165, 1.54) is 0 Å². The van der Waals surface area contributed by atoms with Crippen molar-refractivity contribution in [1.82, 2.24) is 10.6 Å². The van der Waals surface area contributed by atoms with Crippen LogP contribution >= 0.6 is 0 Å². The highest BCUT2D eigenvalue weighted by atomic mass is 16.8. The zero-order valence-electron chi connectivity index (χ0n) is 49.4. The van der Waals surface area contributed by atoms with Gasteiger partial charge in [-0.25, -0.2) is 4.79 Å². The number of carbonyl (C=O) groups is 7. The van der Waals surface area contributed by atoms with Gasteiger partial charge in [0.05, 0.1) is 46.0 Å². The number of nitrogens with two attached hydrogens (primary N) is 1. The Morgan fingerprint density at radius 3 is 1.57 bits per heavy atom. The molecule has 5 aliphatic heterocycles. The number of methoxy groups -OCH3 is 1. The molecule has 2 amide bonds. The van der Waals surface area contributed by atoms with Crippen molar-refractivity contribution in [3.05, 3.63) is 0 Å². The van der Waals surface area contributed by atoms with E-state index < -0.39 is 240 Å². The van der Waals surface area contributed by atoms with Crippen LogP contribution in [0.1, 0.15) is 73.6 Å². The summed E-state index contributed by atoms with van der Waals surface area (Å²) in [6.45, 7) is 1.29. The van der Waals surface area contributed by atoms with Crippen LogP contribution in [0.5, 0.6) is 0 Å². The first-order valence-corrected chi connectivity index (χ1v) is 28.3. The molecule has 15 N–H and O–H groups in total. The molecular weight excluding hydrogens is 1190 g/mol. The van der Waals surface area contributed by atoms with E-state index in [-0.39, 0.29) is 6.61 Å². The summed E-state index contributed by atoms with van der Waals surface area (Å²) in [7, 11) is 0.811. The molecule has 5 saturated heterocycles. The Bertz CT molecular complexity index is 2270. The first-order chi connectivity index (χ1) is 41.6. The smallest absolute Gasteiger partial charge is 0.366 e. The molecule has 36 nitrogen and oxygen atoms in total. The van der Waals surface area contributed by atoms with Crippen molar-refractivity contribution in [2.45, 2.75) is 233 Å². The average Bonchev–Trinajstić information content (AvgIpc) is 1.19. The summed E-state index contributed by atoms with van der Waals surface area (Å²) in [5, 5.41) is 128. The Hall–Kier alpha value is -4.59. The summed E-state index contributed by atoms with van der Waals surface area (Å²) in [6, 6.07) is -3.60. The van der Waals surface area contributed by atoms with Crippen LogP contribution in [-0.2, 0) is 105 Å². The maximum absolute atomic E-state index is 14.4. The van der Waals surface area contributed by atoms with Gasteiger partial charge in [0.25, 0.3) is 5.79 Å². The Morgan fingerprint density at radius 1 is 0.545 bits per heavy atom. The van der Waals surface area contributed by atoms with Crippen LogP contribution in [-0.4, -0.2) is 310 Å². The van der Waals surface area contributed by atoms with Crippen LogP contribution in [0, 0.1) is 0 Å². The van der Waals surface area contributed by atoms with Crippen LogP contribution in [0.3, 0.4) is 0 Å². The molecule has 5 rings (SSSR count). The standard InChI is InChI=1S/C52H85N3O33/c1-20(60)54-32-26(77-23(4)63)14-52(51(73)74-7,87-44(32)42(79-25(6)65)31(78-24(5)64)19-76-22(3)62)88-46-36(68)29(17-58)82-50(40(46)72)85-43-33(55-21(2)61)47(80-27(15-56)34(43)66)86-45-35(67)28(16-57)81-49(39(45)71)84-41-30(18-59)83-48(38(70)37(41)69)75-13-11-9-8-10-12-53/h26-50,56-59,66-72H,8-19,53H2,1-7H3,(H,54,60)(H,55,61)/t26-,27+,28+,29+,30+,31+,32+,33+,34+,35-,36-,37+,38+,39+,40+,41+,42+,43+,44+,45-,46-,47-,48+,49-,50-,52-/m0/s1. The maximum atomic E-state index is 14.4. The minimum atomic E-state index is -3.12. The van der Waals surface area contributed by atoms with Crippen molar-refractivity contribution < 1.29 is 161 Å². The minimum absolute atomic E-state index is 0.0884. The van der Waals surface area contributed by atoms with Gasteiger partial charge in [0.2, 0.25) is 11.8 Å². The molecule has 0 aromatic heterocycles. The predicted octanol–water partition coefficient (Wildman–Crippen LogP) is -8.52. The molecule has 0 aromatic rings. The minimum Gasteiger partial charge on any atom is -0.465 e. The van der Waals surface area contributed by atoms with Gasteiger partial charge < -0.3 is 144 Å². The molecule has 0 saturated carbocycles. The largest absolute Gasteiger partial charge is 0.465 e. The van der Waals surface area contributed by atoms with Crippen molar-refractivity contribution in [2.24, 2.45) is 5.73 Å². The van der Waals surface area contributed by atoms with E-state index in [4.69, 9.17) is 76.8 Å². The second-order valence-corrected chi connectivity index (χ2v) is 21.5. The molecule has 88 heavy (non-hydrogen) atoms. The van der Waals surface area contributed by atoms with Gasteiger partial charge in [0.1, 0.15) is 116 Å². The molecule has 5 heterocycles. The first kappa shape index (κ1) is 74.1. The van der Waals surface area contributed by atoms with Crippen molar-refractivity contribution in [3.63, 3.8) is 0 Å². The topological polar surface area (TPSA) is 531 Å². The van der Waals surface area contributed by atoms with Crippen molar-refractivity contribution in [1.29, 1.82) is 0 Å². The van der Waals surface area contributed by atoms with E-state index in [2.05, 4.69) is 10.6 Å². The Labute approximate surface area is 503 Å². The lowest BCUT2D eigenvalue weighted by atomic mass is 9.87. The fourth-order valence-corrected chi connectivity index (χ4v) is 10.7. The Balaban J connectivity index is 1.51. The average molecular weight is 1280 g/mol. The Kier molecular flexibility index (Phi) is 28.8. The molecular formula is C52H85N3O33. The summed E-state index contributed by atoms with van der Waals surface area (Å²) >= 11 is 0. The number of aliphatic hydroxyl groups is 11. The highest BCUT2D eigenvalue weighted by Crippen LogP contribution is 2.41. The van der Waals surface area contributed by atoms with E-state index in [0.717, 1.165) is 67.9 Å². The molecule has 36 heteroatoms. The molecule has 0 bridgehead atoms. The SMILES string of the molecule is COC(=O)[C@@]1(O[C@H]2[C@@H](O)[C@@H](CO)O[C@@H](O[C@H]3[C@H](O)[C@@H](CO)O[C@@H](O[C@H]4[C@@H](O)[C@@H](CO)O[C@@H](O[C@H]5[C@H](O)[C@@H](O)[C@H](OCCCCCCN)O[C@@H]5CO)[C@@H]4O)[C@@H]3NC(C)=O)[C@@H]2O)C[C@H](OC(C)=O)[C@@H](NC(C)=O)[C@H]([C@H](OC(C)=O)[C@@H](COC(C)=O)OC(C)=O)O1. The zero-order valence-corrected chi connectivity index (χ0v) is 49.4. The third-order valence-corrected chi connectivity index (χ3v) is 14.8. The molecule has 5 fully saturated rings.